The molecule has 8 heteroatoms. The molecule has 0 aliphatic rings. The highest BCUT2D eigenvalue weighted by atomic mass is 35.7. The standard InChI is InChI=1S/C21H36Cl2N.ClHO4/c1-3-4-5-6-7-8-9-10-11-15-18-24(2,21(22)23)19-20-16-13-12-14-17-20;2-1(3,4)5/h12-14,16-17,21H,3-11,15,18-19H2,1-2H3;(H,2,3,4,5)/q+1;/p-1. The van der Waals surface area contributed by atoms with Crippen LogP contribution < -0.4 is 18.6 Å². The van der Waals surface area contributed by atoms with Crippen molar-refractivity contribution in [2.24, 2.45) is 0 Å². The van der Waals surface area contributed by atoms with E-state index in [0.29, 0.717) is 4.48 Å². The minimum atomic E-state index is -4.94. The average Bonchev–Trinajstić information content (AvgIpc) is 2.62. The monoisotopic (exact) mass is 471 g/mol. The van der Waals surface area contributed by atoms with Gasteiger partial charge in [-0.2, -0.15) is 0 Å². The van der Waals surface area contributed by atoms with Crippen LogP contribution in [0.1, 0.15) is 76.7 Å². The largest absolute Gasteiger partial charge is 0.294 e. The van der Waals surface area contributed by atoms with Crippen molar-refractivity contribution in [3.8, 4) is 0 Å². The Labute approximate surface area is 188 Å². The molecule has 0 radical (unpaired) electrons. The van der Waals surface area contributed by atoms with Crippen LogP contribution in [0.15, 0.2) is 30.3 Å². The van der Waals surface area contributed by atoms with Crippen LogP contribution in [0.3, 0.4) is 0 Å². The van der Waals surface area contributed by atoms with Gasteiger partial charge >= 0.3 is 0 Å². The Bertz CT molecular complexity index is 494. The summed E-state index contributed by atoms with van der Waals surface area (Å²) in [6, 6.07) is 10.5. The zero-order valence-electron chi connectivity index (χ0n) is 17.7. The molecule has 0 bridgehead atoms. The van der Waals surface area contributed by atoms with Crippen molar-refractivity contribution in [2.75, 3.05) is 13.6 Å². The third kappa shape index (κ3) is 18.4. The molecule has 0 fully saturated rings. The topological polar surface area (TPSA) is 92.2 Å². The van der Waals surface area contributed by atoms with E-state index in [0.717, 1.165) is 13.1 Å². The van der Waals surface area contributed by atoms with Gasteiger partial charge in [0.25, 0.3) is 0 Å². The van der Waals surface area contributed by atoms with Gasteiger partial charge in [-0.15, -0.1) is 10.2 Å². The van der Waals surface area contributed by atoms with E-state index in [-0.39, 0.29) is 4.96 Å². The summed E-state index contributed by atoms with van der Waals surface area (Å²) in [5.41, 5.74) is 1.30. The lowest BCUT2D eigenvalue weighted by Crippen LogP contribution is -2.68. The van der Waals surface area contributed by atoms with E-state index >= 15 is 0 Å². The molecule has 1 aromatic carbocycles. The molecule has 0 N–H and O–H groups in total. The summed E-state index contributed by atoms with van der Waals surface area (Å²) in [5, 5.41) is 0. The molecule has 0 aliphatic heterocycles. The Morgan fingerprint density at radius 2 is 1.21 bits per heavy atom. The van der Waals surface area contributed by atoms with Gasteiger partial charge in [-0.25, -0.2) is 18.6 Å². The summed E-state index contributed by atoms with van der Waals surface area (Å²) in [6.07, 6.45) is 13.6. The van der Waals surface area contributed by atoms with Crippen LogP contribution in [0.5, 0.6) is 0 Å². The van der Waals surface area contributed by atoms with Gasteiger partial charge in [-0.3, -0.25) is 4.48 Å². The Morgan fingerprint density at radius 1 is 0.793 bits per heavy atom. The van der Waals surface area contributed by atoms with Gasteiger partial charge in [0.1, 0.15) is 6.54 Å². The van der Waals surface area contributed by atoms with Crippen LogP contribution in [-0.2, 0) is 6.54 Å². The van der Waals surface area contributed by atoms with Crippen LogP contribution in [0.4, 0.5) is 0 Å². The number of benzene rings is 1. The zero-order valence-corrected chi connectivity index (χ0v) is 19.9. The van der Waals surface area contributed by atoms with Crippen molar-refractivity contribution >= 4 is 23.2 Å². The molecule has 0 heterocycles. The fourth-order valence-electron chi connectivity index (χ4n) is 3.21. The summed E-state index contributed by atoms with van der Waals surface area (Å²) in [6.45, 7) is 4.22. The van der Waals surface area contributed by atoms with Gasteiger partial charge in [0.2, 0.25) is 4.96 Å². The molecule has 0 amide bonds. The molecule has 1 atom stereocenters. The van der Waals surface area contributed by atoms with Crippen LogP contribution in [-0.4, -0.2) is 23.0 Å². The zero-order chi connectivity index (χ0) is 22.2. The van der Waals surface area contributed by atoms with E-state index in [1.165, 1.54) is 69.8 Å². The van der Waals surface area contributed by atoms with Crippen molar-refractivity contribution in [1.82, 2.24) is 0 Å². The van der Waals surface area contributed by atoms with Crippen molar-refractivity contribution < 1.29 is 33.4 Å². The van der Waals surface area contributed by atoms with E-state index in [1.54, 1.807) is 0 Å². The minimum absolute atomic E-state index is 0.372. The first-order chi connectivity index (χ1) is 13.6. The number of hydrogen-bond acceptors (Lipinski definition) is 4. The second-order valence-electron chi connectivity index (χ2n) is 7.68. The first-order valence-electron chi connectivity index (χ1n) is 10.4. The lowest BCUT2D eigenvalue weighted by Gasteiger charge is -2.35. The third-order valence-electron chi connectivity index (χ3n) is 4.88. The SMILES string of the molecule is CCCCCCCCCCCC[N+](C)(Cc1ccccc1)C(Cl)Cl.[O-][Cl+3]([O-])([O-])[O-]. The highest BCUT2D eigenvalue weighted by molar-refractivity contribution is 6.43. The molecule has 0 aliphatic carbocycles. The fourth-order valence-corrected chi connectivity index (χ4v) is 3.54. The molecule has 5 nitrogen and oxygen atoms in total. The number of nitrogens with zero attached hydrogens (tertiary/aromatic N) is 1. The van der Waals surface area contributed by atoms with Gasteiger partial charge < -0.3 is 0 Å². The predicted molar refractivity (Wildman–Crippen MR) is 109 cm³/mol. The summed E-state index contributed by atoms with van der Waals surface area (Å²) >= 11 is 12.6. The van der Waals surface area contributed by atoms with E-state index in [1.807, 2.05) is 0 Å². The van der Waals surface area contributed by atoms with E-state index in [9.17, 15) is 0 Å². The van der Waals surface area contributed by atoms with Gasteiger partial charge in [0, 0.05) is 5.56 Å². The van der Waals surface area contributed by atoms with E-state index in [4.69, 9.17) is 41.8 Å². The molecule has 0 saturated heterocycles. The first kappa shape index (κ1) is 28.9. The second-order valence-corrected chi connectivity index (χ2v) is 9.49. The highest BCUT2D eigenvalue weighted by Gasteiger charge is 2.29. The maximum Gasteiger partial charge on any atom is 0.241 e. The third-order valence-corrected chi connectivity index (χ3v) is 5.82. The van der Waals surface area contributed by atoms with Gasteiger partial charge in [-0.05, 0) is 36.0 Å². The van der Waals surface area contributed by atoms with Crippen LogP contribution in [0.25, 0.3) is 0 Å². The molecule has 1 aromatic rings. The molecule has 0 saturated carbocycles. The van der Waals surface area contributed by atoms with Crippen molar-refractivity contribution in [3.63, 3.8) is 0 Å². The number of halogens is 3. The highest BCUT2D eigenvalue weighted by Crippen LogP contribution is 2.24. The van der Waals surface area contributed by atoms with Crippen LogP contribution in [0.2, 0.25) is 0 Å². The number of alkyl halides is 2. The van der Waals surface area contributed by atoms with Gasteiger partial charge in [-0.1, -0.05) is 88.6 Å². The first-order valence-corrected chi connectivity index (χ1v) is 12.5. The number of rotatable bonds is 14. The Kier molecular flexibility index (Phi) is 16.5. The molecular formula is C21H36Cl3NO4. The molecule has 170 valence electrons. The lowest BCUT2D eigenvalue weighted by molar-refractivity contribution is -2.00. The maximum absolute atomic E-state index is 8.49. The number of hydrogen-bond donors (Lipinski definition) is 0. The summed E-state index contributed by atoms with van der Waals surface area (Å²) in [4.78, 5) is -0.372. The maximum atomic E-state index is 8.49. The van der Waals surface area contributed by atoms with Crippen molar-refractivity contribution in [2.45, 2.75) is 82.6 Å². The molecule has 29 heavy (non-hydrogen) atoms. The number of quaternary nitrogens is 1. The summed E-state index contributed by atoms with van der Waals surface area (Å²) in [7, 11) is -2.77. The smallest absolute Gasteiger partial charge is 0.241 e. The molecule has 0 spiro atoms. The molecular weight excluding hydrogens is 437 g/mol. The van der Waals surface area contributed by atoms with Crippen LogP contribution in [0, 0.1) is 10.2 Å². The normalized spacial score (nSPS) is 13.7. The second kappa shape index (κ2) is 16.6. The fraction of sp³-hybridized carbons (Fsp3) is 0.714. The van der Waals surface area contributed by atoms with Gasteiger partial charge in [0.15, 0.2) is 0 Å². The molecule has 1 unspecified atom stereocenters. The summed E-state index contributed by atoms with van der Waals surface area (Å²) < 4.78 is 34.7. The Hall–Kier alpha value is -0.110. The predicted octanol–water partition coefficient (Wildman–Crippen LogP) is 2.56. The van der Waals surface area contributed by atoms with E-state index < -0.39 is 10.2 Å². The van der Waals surface area contributed by atoms with Crippen LogP contribution >= 0.6 is 23.2 Å². The van der Waals surface area contributed by atoms with Crippen molar-refractivity contribution in [3.05, 3.63) is 35.9 Å². The van der Waals surface area contributed by atoms with E-state index in [2.05, 4.69) is 44.3 Å². The van der Waals surface area contributed by atoms with Gasteiger partial charge in [0.05, 0.1) is 13.6 Å². The number of unbranched alkanes of at least 4 members (excludes halogenated alkanes) is 9. The minimum Gasteiger partial charge on any atom is -0.294 e. The lowest BCUT2D eigenvalue weighted by atomic mass is 10.1. The summed E-state index contributed by atoms with van der Waals surface area (Å²) in [5.74, 6) is 0. The molecule has 1 rings (SSSR count). The quantitative estimate of drug-likeness (QED) is 0.180. The Balaban J connectivity index is 0.00000139. The molecule has 0 aromatic heterocycles. The Morgan fingerprint density at radius 3 is 1.62 bits per heavy atom. The average molecular weight is 473 g/mol. The van der Waals surface area contributed by atoms with Crippen molar-refractivity contribution in [1.29, 1.82) is 0 Å².